The number of halogens is 1. The minimum Gasteiger partial charge on any atom is -0.288 e. The molecule has 0 spiro atoms. The summed E-state index contributed by atoms with van der Waals surface area (Å²) in [7, 11) is 0. The van der Waals surface area contributed by atoms with Crippen molar-refractivity contribution < 1.29 is 9.18 Å². The van der Waals surface area contributed by atoms with E-state index in [1.807, 2.05) is 0 Å². The normalized spacial score (nSPS) is 10.7. The maximum absolute atomic E-state index is 13.1. The molecule has 74 valence electrons. The quantitative estimate of drug-likeness (QED) is 0.762. The molecule has 0 fully saturated rings. The minimum atomic E-state index is -0.239. The summed E-state index contributed by atoms with van der Waals surface area (Å²) in [6.45, 7) is 1.52. The second-order valence-corrected chi connectivity index (χ2v) is 3.92. The van der Waals surface area contributed by atoms with E-state index in [9.17, 15) is 9.18 Å². The molecule has 1 aromatic carbocycles. The Labute approximate surface area is 87.0 Å². The van der Waals surface area contributed by atoms with E-state index in [1.165, 1.54) is 24.8 Å². The summed E-state index contributed by atoms with van der Waals surface area (Å²) in [5, 5.41) is 0.0724. The third kappa shape index (κ3) is 3.75. The molecule has 0 aliphatic rings. The summed E-state index contributed by atoms with van der Waals surface area (Å²) in [6.07, 6.45) is 3.47. The van der Waals surface area contributed by atoms with Crippen molar-refractivity contribution in [2.45, 2.75) is 6.92 Å². The number of hydrogen-bond acceptors (Lipinski definition) is 2. The van der Waals surface area contributed by atoms with Crippen LogP contribution in [-0.2, 0) is 4.79 Å². The number of carbonyl (C=O) groups is 1. The SMILES string of the molecule is CC(=O)SCC=Cc1ccccc1F. The van der Waals surface area contributed by atoms with E-state index < -0.39 is 0 Å². The fourth-order valence-corrected chi connectivity index (χ4v) is 1.38. The van der Waals surface area contributed by atoms with Gasteiger partial charge in [0.15, 0.2) is 5.12 Å². The number of carbonyl (C=O) groups excluding carboxylic acids is 1. The van der Waals surface area contributed by atoms with E-state index in [1.54, 1.807) is 30.4 Å². The van der Waals surface area contributed by atoms with E-state index in [4.69, 9.17) is 0 Å². The molecule has 0 aromatic heterocycles. The summed E-state index contributed by atoms with van der Waals surface area (Å²) in [6, 6.07) is 6.54. The van der Waals surface area contributed by atoms with Gasteiger partial charge in [-0.3, -0.25) is 4.79 Å². The van der Waals surface area contributed by atoms with Crippen LogP contribution in [0.5, 0.6) is 0 Å². The Morgan fingerprint density at radius 1 is 1.50 bits per heavy atom. The molecule has 0 radical (unpaired) electrons. The molecule has 0 heterocycles. The lowest BCUT2D eigenvalue weighted by molar-refractivity contribution is -0.109. The van der Waals surface area contributed by atoms with Crippen molar-refractivity contribution in [3.05, 3.63) is 41.7 Å². The van der Waals surface area contributed by atoms with Crippen LogP contribution in [0.2, 0.25) is 0 Å². The average molecular weight is 210 g/mol. The monoisotopic (exact) mass is 210 g/mol. The van der Waals surface area contributed by atoms with Gasteiger partial charge in [0.25, 0.3) is 0 Å². The molecule has 3 heteroatoms. The Balaban J connectivity index is 2.52. The van der Waals surface area contributed by atoms with Crippen LogP contribution >= 0.6 is 11.8 Å². The van der Waals surface area contributed by atoms with Gasteiger partial charge in [0.1, 0.15) is 5.82 Å². The van der Waals surface area contributed by atoms with Gasteiger partial charge in [0.05, 0.1) is 0 Å². The van der Waals surface area contributed by atoms with Crippen molar-refractivity contribution in [1.29, 1.82) is 0 Å². The summed E-state index contributed by atoms with van der Waals surface area (Å²) in [4.78, 5) is 10.6. The zero-order chi connectivity index (χ0) is 10.4. The molecule has 0 saturated carbocycles. The number of hydrogen-bond donors (Lipinski definition) is 0. The lowest BCUT2D eigenvalue weighted by Crippen LogP contribution is -1.83. The number of thioether (sulfide) groups is 1. The highest BCUT2D eigenvalue weighted by Gasteiger charge is 1.94. The maximum Gasteiger partial charge on any atom is 0.186 e. The van der Waals surface area contributed by atoms with Gasteiger partial charge in [-0.05, 0) is 6.07 Å². The predicted molar refractivity (Wildman–Crippen MR) is 58.6 cm³/mol. The summed E-state index contributed by atoms with van der Waals surface area (Å²) in [5.74, 6) is 0.348. The zero-order valence-corrected chi connectivity index (χ0v) is 8.68. The third-order valence-electron chi connectivity index (χ3n) is 1.59. The Kier molecular flexibility index (Phi) is 4.40. The van der Waals surface area contributed by atoms with Gasteiger partial charge in [0.2, 0.25) is 0 Å². The van der Waals surface area contributed by atoms with E-state index in [2.05, 4.69) is 0 Å². The zero-order valence-electron chi connectivity index (χ0n) is 7.87. The Morgan fingerprint density at radius 3 is 2.86 bits per heavy atom. The molecular weight excluding hydrogens is 199 g/mol. The van der Waals surface area contributed by atoms with Crippen LogP contribution in [0.25, 0.3) is 6.08 Å². The smallest absolute Gasteiger partial charge is 0.186 e. The molecule has 1 nitrogen and oxygen atoms in total. The molecule has 1 rings (SSSR count). The molecule has 0 bridgehead atoms. The first kappa shape index (κ1) is 11.0. The molecule has 0 saturated heterocycles. The van der Waals surface area contributed by atoms with Crippen LogP contribution in [0, 0.1) is 5.82 Å². The highest BCUT2D eigenvalue weighted by Crippen LogP contribution is 2.09. The Hall–Kier alpha value is -1.09. The van der Waals surface area contributed by atoms with Gasteiger partial charge in [-0.1, -0.05) is 42.1 Å². The van der Waals surface area contributed by atoms with Gasteiger partial charge in [-0.25, -0.2) is 4.39 Å². The average Bonchev–Trinajstić information content (AvgIpc) is 2.15. The van der Waals surface area contributed by atoms with E-state index in [0.717, 1.165) is 0 Å². The molecular formula is C11H11FOS. The molecule has 0 amide bonds. The molecule has 0 unspecified atom stereocenters. The van der Waals surface area contributed by atoms with E-state index in [-0.39, 0.29) is 10.9 Å². The first-order chi connectivity index (χ1) is 6.70. The van der Waals surface area contributed by atoms with Crippen molar-refractivity contribution in [2.75, 3.05) is 5.75 Å². The molecule has 0 aliphatic carbocycles. The molecule has 1 aromatic rings. The Morgan fingerprint density at radius 2 is 2.21 bits per heavy atom. The van der Waals surface area contributed by atoms with Crippen LogP contribution in [0.4, 0.5) is 4.39 Å². The summed E-state index contributed by atoms with van der Waals surface area (Å²) in [5.41, 5.74) is 0.552. The van der Waals surface area contributed by atoms with Crippen molar-refractivity contribution in [1.82, 2.24) is 0 Å². The first-order valence-electron chi connectivity index (χ1n) is 4.24. The summed E-state index contributed by atoms with van der Waals surface area (Å²) < 4.78 is 13.1. The number of benzene rings is 1. The second-order valence-electron chi connectivity index (χ2n) is 2.73. The molecule has 0 N–H and O–H groups in total. The van der Waals surface area contributed by atoms with Gasteiger partial charge >= 0.3 is 0 Å². The topological polar surface area (TPSA) is 17.1 Å². The van der Waals surface area contributed by atoms with Crippen molar-refractivity contribution in [3.8, 4) is 0 Å². The number of rotatable bonds is 3. The molecule has 0 atom stereocenters. The summed E-state index contributed by atoms with van der Waals surface area (Å²) >= 11 is 1.21. The lowest BCUT2D eigenvalue weighted by atomic mass is 10.2. The van der Waals surface area contributed by atoms with Gasteiger partial charge in [-0.2, -0.15) is 0 Å². The van der Waals surface area contributed by atoms with Gasteiger partial charge in [0, 0.05) is 18.2 Å². The fourth-order valence-electron chi connectivity index (χ4n) is 0.951. The Bertz CT molecular complexity index is 347. The predicted octanol–water partition coefficient (Wildman–Crippen LogP) is 3.12. The van der Waals surface area contributed by atoms with E-state index >= 15 is 0 Å². The third-order valence-corrected chi connectivity index (χ3v) is 2.35. The van der Waals surface area contributed by atoms with Crippen molar-refractivity contribution in [3.63, 3.8) is 0 Å². The van der Waals surface area contributed by atoms with Gasteiger partial charge in [-0.15, -0.1) is 0 Å². The maximum atomic E-state index is 13.1. The van der Waals surface area contributed by atoms with Crippen molar-refractivity contribution in [2.24, 2.45) is 0 Å². The van der Waals surface area contributed by atoms with Crippen LogP contribution in [0.3, 0.4) is 0 Å². The van der Waals surface area contributed by atoms with Gasteiger partial charge < -0.3 is 0 Å². The van der Waals surface area contributed by atoms with Crippen LogP contribution in [0.1, 0.15) is 12.5 Å². The van der Waals surface area contributed by atoms with Crippen LogP contribution in [-0.4, -0.2) is 10.9 Å². The lowest BCUT2D eigenvalue weighted by Gasteiger charge is -1.94. The second kappa shape index (κ2) is 5.60. The first-order valence-corrected chi connectivity index (χ1v) is 5.23. The van der Waals surface area contributed by atoms with Crippen molar-refractivity contribution >= 4 is 23.0 Å². The van der Waals surface area contributed by atoms with E-state index in [0.29, 0.717) is 11.3 Å². The van der Waals surface area contributed by atoms with Crippen LogP contribution in [0.15, 0.2) is 30.3 Å². The fraction of sp³-hybridized carbons (Fsp3) is 0.182. The standard InChI is InChI=1S/C11H11FOS/c1-9(13)14-8-4-6-10-5-2-3-7-11(10)12/h2-7H,8H2,1H3. The largest absolute Gasteiger partial charge is 0.288 e. The minimum absolute atomic E-state index is 0.0724. The highest BCUT2D eigenvalue weighted by molar-refractivity contribution is 8.13. The highest BCUT2D eigenvalue weighted by atomic mass is 32.2. The molecule has 0 aliphatic heterocycles. The van der Waals surface area contributed by atoms with Crippen LogP contribution < -0.4 is 0 Å². The molecule has 14 heavy (non-hydrogen) atoms.